The number of aryl methyl sites for hydroxylation is 2. The summed E-state index contributed by atoms with van der Waals surface area (Å²) in [6.07, 6.45) is 3.69. The zero-order chi connectivity index (χ0) is 20.2. The van der Waals surface area contributed by atoms with Crippen LogP contribution in [-0.2, 0) is 19.4 Å². The Bertz CT molecular complexity index is 1180. The number of nitrogens with one attached hydrogen (secondary N) is 1. The standard InChI is InChI=1S/C24H23N5/c1-3-18-16-27-29-23(13-21(4-2)28-24(18)29)26-15-17-9-11-19(12-10-17)22-8-6-5-7-20(22)14-25/h5-13,16,26H,3-4,15H2,1-2H3. The van der Waals surface area contributed by atoms with Gasteiger partial charge in [-0.3, -0.25) is 0 Å². The smallest absolute Gasteiger partial charge is 0.160 e. The van der Waals surface area contributed by atoms with Crippen molar-refractivity contribution in [2.45, 2.75) is 33.2 Å². The van der Waals surface area contributed by atoms with Crippen LogP contribution in [0.2, 0.25) is 0 Å². The second-order valence-corrected chi connectivity index (χ2v) is 6.95. The summed E-state index contributed by atoms with van der Waals surface area (Å²) in [6.45, 7) is 4.92. The summed E-state index contributed by atoms with van der Waals surface area (Å²) >= 11 is 0. The molecular formula is C24H23N5. The van der Waals surface area contributed by atoms with Crippen LogP contribution in [0, 0.1) is 11.3 Å². The fourth-order valence-corrected chi connectivity index (χ4v) is 3.44. The summed E-state index contributed by atoms with van der Waals surface area (Å²) in [6, 6.07) is 20.3. The van der Waals surface area contributed by atoms with Crippen LogP contribution in [0.25, 0.3) is 16.8 Å². The Morgan fingerprint density at radius 1 is 1.03 bits per heavy atom. The number of anilines is 1. The highest BCUT2D eigenvalue weighted by Gasteiger charge is 2.10. The molecule has 2 aromatic carbocycles. The summed E-state index contributed by atoms with van der Waals surface area (Å²) in [5.41, 5.74) is 7.00. The van der Waals surface area contributed by atoms with E-state index in [0.717, 1.165) is 52.3 Å². The molecule has 0 atom stereocenters. The molecule has 0 saturated carbocycles. The van der Waals surface area contributed by atoms with E-state index in [1.54, 1.807) is 0 Å². The highest BCUT2D eigenvalue weighted by Crippen LogP contribution is 2.24. The van der Waals surface area contributed by atoms with E-state index in [9.17, 15) is 5.26 Å². The van der Waals surface area contributed by atoms with Crippen LogP contribution in [0.4, 0.5) is 5.82 Å². The summed E-state index contributed by atoms with van der Waals surface area (Å²) in [7, 11) is 0. The molecular weight excluding hydrogens is 358 g/mol. The van der Waals surface area contributed by atoms with Gasteiger partial charge in [-0.15, -0.1) is 0 Å². The molecule has 5 heteroatoms. The van der Waals surface area contributed by atoms with Crippen molar-refractivity contribution in [3.63, 3.8) is 0 Å². The second kappa shape index (κ2) is 8.15. The maximum atomic E-state index is 9.32. The van der Waals surface area contributed by atoms with Gasteiger partial charge in [-0.1, -0.05) is 56.3 Å². The van der Waals surface area contributed by atoms with Crippen molar-refractivity contribution in [1.29, 1.82) is 5.26 Å². The fraction of sp³-hybridized carbons (Fsp3) is 0.208. The largest absolute Gasteiger partial charge is 0.366 e. The summed E-state index contributed by atoms with van der Waals surface area (Å²) in [4.78, 5) is 4.74. The van der Waals surface area contributed by atoms with Gasteiger partial charge in [0.15, 0.2) is 5.65 Å². The first-order valence-electron chi connectivity index (χ1n) is 9.92. The van der Waals surface area contributed by atoms with Crippen molar-refractivity contribution in [1.82, 2.24) is 14.6 Å². The molecule has 0 amide bonds. The Hall–Kier alpha value is -3.65. The maximum Gasteiger partial charge on any atom is 0.160 e. The highest BCUT2D eigenvalue weighted by molar-refractivity contribution is 5.70. The van der Waals surface area contributed by atoms with Crippen LogP contribution in [-0.4, -0.2) is 14.6 Å². The Morgan fingerprint density at radius 3 is 2.55 bits per heavy atom. The SMILES string of the molecule is CCc1cc(NCc2ccc(-c3ccccc3C#N)cc2)n2ncc(CC)c2n1. The molecule has 0 spiro atoms. The molecule has 0 aliphatic carbocycles. The molecule has 0 unspecified atom stereocenters. The second-order valence-electron chi connectivity index (χ2n) is 6.95. The van der Waals surface area contributed by atoms with Crippen molar-refractivity contribution in [2.75, 3.05) is 5.32 Å². The number of fused-ring (bicyclic) bond motifs is 1. The van der Waals surface area contributed by atoms with E-state index in [1.165, 1.54) is 0 Å². The highest BCUT2D eigenvalue weighted by atomic mass is 15.3. The Kier molecular flexibility index (Phi) is 5.26. The van der Waals surface area contributed by atoms with Crippen LogP contribution >= 0.6 is 0 Å². The minimum atomic E-state index is 0.684. The number of hydrogen-bond donors (Lipinski definition) is 1. The maximum absolute atomic E-state index is 9.32. The number of nitriles is 1. The number of nitrogens with zero attached hydrogens (tertiary/aromatic N) is 4. The van der Waals surface area contributed by atoms with Crippen molar-refractivity contribution in [3.05, 3.63) is 83.2 Å². The molecule has 0 aliphatic heterocycles. The van der Waals surface area contributed by atoms with Crippen molar-refractivity contribution >= 4 is 11.5 Å². The lowest BCUT2D eigenvalue weighted by molar-refractivity contribution is 0.902. The van der Waals surface area contributed by atoms with Gasteiger partial charge in [0.1, 0.15) is 5.82 Å². The van der Waals surface area contributed by atoms with E-state index in [1.807, 2.05) is 35.0 Å². The van der Waals surface area contributed by atoms with Crippen molar-refractivity contribution in [3.8, 4) is 17.2 Å². The molecule has 0 bridgehead atoms. The number of rotatable bonds is 6. The number of aromatic nitrogens is 3. The summed E-state index contributed by atoms with van der Waals surface area (Å²) < 4.78 is 1.88. The van der Waals surface area contributed by atoms with Crippen LogP contribution < -0.4 is 5.32 Å². The lowest BCUT2D eigenvalue weighted by Gasteiger charge is -2.11. The first-order chi connectivity index (χ1) is 14.2. The zero-order valence-corrected chi connectivity index (χ0v) is 16.7. The third kappa shape index (κ3) is 3.70. The lowest BCUT2D eigenvalue weighted by Crippen LogP contribution is -2.07. The number of hydrogen-bond acceptors (Lipinski definition) is 4. The first-order valence-corrected chi connectivity index (χ1v) is 9.92. The molecule has 0 fully saturated rings. The third-order valence-corrected chi connectivity index (χ3v) is 5.13. The predicted molar refractivity (Wildman–Crippen MR) is 116 cm³/mol. The van der Waals surface area contributed by atoms with E-state index in [2.05, 4.69) is 60.7 Å². The van der Waals surface area contributed by atoms with E-state index in [0.29, 0.717) is 12.1 Å². The Morgan fingerprint density at radius 2 is 1.83 bits per heavy atom. The van der Waals surface area contributed by atoms with Crippen LogP contribution in [0.5, 0.6) is 0 Å². The normalized spacial score (nSPS) is 10.8. The molecule has 0 aliphatic rings. The molecule has 1 N–H and O–H groups in total. The van der Waals surface area contributed by atoms with Gasteiger partial charge in [0.25, 0.3) is 0 Å². The molecule has 4 rings (SSSR count). The Balaban J connectivity index is 1.57. The van der Waals surface area contributed by atoms with Crippen molar-refractivity contribution < 1.29 is 0 Å². The van der Waals surface area contributed by atoms with Gasteiger partial charge in [-0.2, -0.15) is 14.9 Å². The van der Waals surface area contributed by atoms with Crippen LogP contribution in [0.1, 0.15) is 36.2 Å². The monoisotopic (exact) mass is 381 g/mol. The molecule has 4 aromatic rings. The minimum Gasteiger partial charge on any atom is -0.366 e. The number of benzene rings is 2. The molecule has 2 aromatic heterocycles. The van der Waals surface area contributed by atoms with E-state index in [4.69, 9.17) is 4.98 Å². The van der Waals surface area contributed by atoms with Gasteiger partial charge in [-0.25, -0.2) is 4.98 Å². The van der Waals surface area contributed by atoms with E-state index < -0.39 is 0 Å². The zero-order valence-electron chi connectivity index (χ0n) is 16.7. The van der Waals surface area contributed by atoms with Crippen molar-refractivity contribution in [2.24, 2.45) is 0 Å². The third-order valence-electron chi connectivity index (χ3n) is 5.13. The van der Waals surface area contributed by atoms with Crippen LogP contribution in [0.3, 0.4) is 0 Å². The van der Waals surface area contributed by atoms with Gasteiger partial charge in [0.05, 0.1) is 17.8 Å². The van der Waals surface area contributed by atoms with E-state index >= 15 is 0 Å². The van der Waals surface area contributed by atoms with Gasteiger partial charge in [0.2, 0.25) is 0 Å². The topological polar surface area (TPSA) is 66.0 Å². The first kappa shape index (κ1) is 18.7. The molecule has 144 valence electrons. The molecule has 2 heterocycles. The quantitative estimate of drug-likeness (QED) is 0.510. The molecule has 0 radical (unpaired) electrons. The summed E-state index contributed by atoms with van der Waals surface area (Å²) in [5, 5.41) is 17.3. The van der Waals surface area contributed by atoms with Gasteiger partial charge in [-0.05, 0) is 35.6 Å². The average molecular weight is 381 g/mol. The fourth-order valence-electron chi connectivity index (χ4n) is 3.44. The van der Waals surface area contributed by atoms with Gasteiger partial charge >= 0.3 is 0 Å². The average Bonchev–Trinajstić information content (AvgIpc) is 3.20. The van der Waals surface area contributed by atoms with E-state index in [-0.39, 0.29) is 0 Å². The minimum absolute atomic E-state index is 0.684. The molecule has 29 heavy (non-hydrogen) atoms. The van der Waals surface area contributed by atoms with Crippen LogP contribution in [0.15, 0.2) is 60.8 Å². The van der Waals surface area contributed by atoms with Gasteiger partial charge in [0, 0.05) is 23.9 Å². The molecule has 5 nitrogen and oxygen atoms in total. The molecule has 0 saturated heterocycles. The Labute approximate surface area is 170 Å². The lowest BCUT2D eigenvalue weighted by atomic mass is 9.99. The summed E-state index contributed by atoms with van der Waals surface area (Å²) in [5.74, 6) is 0.949. The predicted octanol–water partition coefficient (Wildman–Crippen LogP) is 5.00. The van der Waals surface area contributed by atoms with Gasteiger partial charge < -0.3 is 5.32 Å².